The molecule has 0 saturated carbocycles. The lowest BCUT2D eigenvalue weighted by Crippen LogP contribution is -2.36. The number of nitrogens with zero attached hydrogens (tertiary/aromatic N) is 1. The van der Waals surface area contributed by atoms with Crippen LogP contribution in [0.1, 0.15) is 24.8 Å². The molecule has 7 heteroatoms. The van der Waals surface area contributed by atoms with Gasteiger partial charge in [-0.1, -0.05) is 6.07 Å². The molecular formula is C15H18F3NO3. The van der Waals surface area contributed by atoms with Crippen molar-refractivity contribution < 1.29 is 27.8 Å². The fraction of sp³-hybridized carbons (Fsp3) is 0.533. The summed E-state index contributed by atoms with van der Waals surface area (Å²) in [5.74, 6) is -0.651. The summed E-state index contributed by atoms with van der Waals surface area (Å²) in [7, 11) is 0. The minimum absolute atomic E-state index is 0.172. The zero-order valence-corrected chi connectivity index (χ0v) is 12.0. The van der Waals surface area contributed by atoms with E-state index in [-0.39, 0.29) is 12.4 Å². The zero-order valence-electron chi connectivity index (χ0n) is 12.0. The van der Waals surface area contributed by atoms with Gasteiger partial charge in [-0.3, -0.25) is 9.69 Å². The number of hydrogen-bond acceptors (Lipinski definition) is 3. The van der Waals surface area contributed by atoms with Crippen LogP contribution in [-0.2, 0) is 11.0 Å². The van der Waals surface area contributed by atoms with Gasteiger partial charge in [0.15, 0.2) is 0 Å². The van der Waals surface area contributed by atoms with E-state index >= 15 is 0 Å². The number of rotatable bonds is 6. The molecule has 1 aromatic rings. The first-order chi connectivity index (χ1) is 10.4. The summed E-state index contributed by atoms with van der Waals surface area (Å²) < 4.78 is 43.0. The van der Waals surface area contributed by atoms with Gasteiger partial charge >= 0.3 is 12.1 Å². The molecule has 1 aliphatic rings. The van der Waals surface area contributed by atoms with Gasteiger partial charge < -0.3 is 9.84 Å². The Bertz CT molecular complexity index is 519. The number of carbonyl (C=O) groups is 1. The monoisotopic (exact) mass is 317 g/mol. The Morgan fingerprint density at radius 3 is 2.86 bits per heavy atom. The predicted molar refractivity (Wildman–Crippen MR) is 73.8 cm³/mol. The summed E-state index contributed by atoms with van der Waals surface area (Å²) in [5.41, 5.74) is -0.740. The van der Waals surface area contributed by atoms with Gasteiger partial charge in [-0.15, -0.1) is 0 Å². The molecule has 0 amide bonds. The van der Waals surface area contributed by atoms with E-state index in [1.165, 1.54) is 12.1 Å². The molecule has 0 unspecified atom stereocenters. The van der Waals surface area contributed by atoms with Crippen LogP contribution in [0.15, 0.2) is 24.3 Å². The average Bonchev–Trinajstić information content (AvgIpc) is 2.91. The summed E-state index contributed by atoms with van der Waals surface area (Å²) in [5, 5.41) is 9.05. The maximum Gasteiger partial charge on any atom is 0.416 e. The Kier molecular flexibility index (Phi) is 5.28. The number of carboxylic acid groups (broad SMARTS) is 1. The molecule has 0 aromatic heterocycles. The van der Waals surface area contributed by atoms with Crippen molar-refractivity contribution in [3.63, 3.8) is 0 Å². The molecule has 1 aliphatic heterocycles. The van der Waals surface area contributed by atoms with Gasteiger partial charge in [-0.2, -0.15) is 13.2 Å². The molecule has 0 radical (unpaired) electrons. The first-order valence-corrected chi connectivity index (χ1v) is 7.15. The summed E-state index contributed by atoms with van der Waals surface area (Å²) in [6.45, 7) is 1.56. The summed E-state index contributed by atoms with van der Waals surface area (Å²) >= 11 is 0. The van der Waals surface area contributed by atoms with Crippen LogP contribution in [0.3, 0.4) is 0 Å². The number of benzene rings is 1. The second-order valence-corrected chi connectivity index (χ2v) is 5.26. The highest BCUT2D eigenvalue weighted by atomic mass is 19.4. The number of likely N-dealkylation sites (tertiary alicyclic amines) is 1. The molecule has 1 aromatic carbocycles. The van der Waals surface area contributed by atoms with Crippen LogP contribution in [0.25, 0.3) is 0 Å². The van der Waals surface area contributed by atoms with E-state index in [1.54, 1.807) is 0 Å². The molecule has 4 nitrogen and oxygen atoms in total. The summed E-state index contributed by atoms with van der Waals surface area (Å²) in [6, 6.07) is 4.29. The summed E-state index contributed by atoms with van der Waals surface area (Å²) in [6.07, 6.45) is -2.32. The predicted octanol–water partition coefficient (Wildman–Crippen LogP) is 3.02. The van der Waals surface area contributed by atoms with Gasteiger partial charge in [0.1, 0.15) is 11.8 Å². The molecule has 1 atom stereocenters. The number of aliphatic carboxylic acids is 1. The van der Waals surface area contributed by atoms with Crippen molar-refractivity contribution in [1.82, 2.24) is 4.90 Å². The molecule has 0 aliphatic carbocycles. The van der Waals surface area contributed by atoms with Crippen molar-refractivity contribution in [2.45, 2.75) is 31.5 Å². The lowest BCUT2D eigenvalue weighted by Gasteiger charge is -2.20. The number of ether oxygens (including phenoxy) is 1. The Balaban J connectivity index is 1.78. The van der Waals surface area contributed by atoms with Crippen molar-refractivity contribution in [3.8, 4) is 5.75 Å². The maximum atomic E-state index is 12.6. The lowest BCUT2D eigenvalue weighted by atomic mass is 10.2. The zero-order chi connectivity index (χ0) is 16.2. The molecular weight excluding hydrogens is 299 g/mol. The minimum Gasteiger partial charge on any atom is -0.494 e. The highest BCUT2D eigenvalue weighted by Gasteiger charge is 2.31. The quantitative estimate of drug-likeness (QED) is 0.820. The van der Waals surface area contributed by atoms with E-state index in [1.807, 2.05) is 4.90 Å². The number of hydrogen-bond donors (Lipinski definition) is 1. The average molecular weight is 317 g/mol. The van der Waals surface area contributed by atoms with Crippen molar-refractivity contribution in [1.29, 1.82) is 0 Å². The fourth-order valence-corrected chi connectivity index (χ4v) is 2.59. The standard InChI is InChI=1S/C15H18F3NO3/c16-15(17,18)11-4-1-5-12(10-11)22-9-3-8-19-7-2-6-13(19)14(20)21/h1,4-5,10,13H,2-3,6-9H2,(H,20,21)/t13-/m1/s1. The van der Waals surface area contributed by atoms with Crippen molar-refractivity contribution >= 4 is 5.97 Å². The van der Waals surface area contributed by atoms with E-state index in [0.29, 0.717) is 19.4 Å². The third-order valence-corrected chi connectivity index (χ3v) is 3.67. The van der Waals surface area contributed by atoms with E-state index in [4.69, 9.17) is 9.84 Å². The second-order valence-electron chi connectivity index (χ2n) is 5.26. The van der Waals surface area contributed by atoms with Crippen LogP contribution in [0.4, 0.5) is 13.2 Å². The number of carboxylic acids is 1. The molecule has 1 heterocycles. The van der Waals surface area contributed by atoms with Crippen LogP contribution in [0, 0.1) is 0 Å². The smallest absolute Gasteiger partial charge is 0.416 e. The molecule has 22 heavy (non-hydrogen) atoms. The molecule has 122 valence electrons. The molecule has 1 saturated heterocycles. The molecule has 2 rings (SSSR count). The van der Waals surface area contributed by atoms with Gasteiger partial charge in [-0.05, 0) is 44.0 Å². The Morgan fingerprint density at radius 1 is 1.41 bits per heavy atom. The van der Waals surface area contributed by atoms with Gasteiger partial charge in [0, 0.05) is 6.54 Å². The Hall–Kier alpha value is -1.76. The molecule has 0 spiro atoms. The molecule has 1 fully saturated rings. The Morgan fingerprint density at radius 2 is 2.18 bits per heavy atom. The third-order valence-electron chi connectivity index (χ3n) is 3.67. The van der Waals surface area contributed by atoms with E-state index in [9.17, 15) is 18.0 Å². The van der Waals surface area contributed by atoms with Crippen LogP contribution in [-0.4, -0.2) is 41.7 Å². The van der Waals surface area contributed by atoms with Crippen LogP contribution in [0.5, 0.6) is 5.75 Å². The first-order valence-electron chi connectivity index (χ1n) is 7.15. The van der Waals surface area contributed by atoms with E-state index in [0.717, 1.165) is 25.1 Å². The van der Waals surface area contributed by atoms with Gasteiger partial charge in [0.05, 0.1) is 12.2 Å². The largest absolute Gasteiger partial charge is 0.494 e. The van der Waals surface area contributed by atoms with Crippen molar-refractivity contribution in [2.75, 3.05) is 19.7 Å². The molecule has 1 N–H and O–H groups in total. The topological polar surface area (TPSA) is 49.8 Å². The van der Waals surface area contributed by atoms with Gasteiger partial charge in [0.25, 0.3) is 0 Å². The third kappa shape index (κ3) is 4.37. The van der Waals surface area contributed by atoms with Crippen LogP contribution in [0.2, 0.25) is 0 Å². The minimum atomic E-state index is -4.39. The van der Waals surface area contributed by atoms with Crippen molar-refractivity contribution in [3.05, 3.63) is 29.8 Å². The Labute approximate surface area is 126 Å². The molecule has 0 bridgehead atoms. The van der Waals surface area contributed by atoms with Crippen molar-refractivity contribution in [2.24, 2.45) is 0 Å². The second kappa shape index (κ2) is 7.00. The highest BCUT2D eigenvalue weighted by Crippen LogP contribution is 2.31. The van der Waals surface area contributed by atoms with Crippen LogP contribution < -0.4 is 4.74 Å². The van der Waals surface area contributed by atoms with Gasteiger partial charge in [0.2, 0.25) is 0 Å². The summed E-state index contributed by atoms with van der Waals surface area (Å²) in [4.78, 5) is 12.9. The lowest BCUT2D eigenvalue weighted by molar-refractivity contribution is -0.142. The van der Waals surface area contributed by atoms with Gasteiger partial charge in [-0.25, -0.2) is 0 Å². The SMILES string of the molecule is O=C(O)[C@H]1CCCN1CCCOc1cccc(C(F)(F)F)c1. The first kappa shape index (κ1) is 16.6. The number of halogens is 3. The normalized spacial score (nSPS) is 19.3. The highest BCUT2D eigenvalue weighted by molar-refractivity contribution is 5.73. The maximum absolute atomic E-state index is 12.6. The van der Waals surface area contributed by atoms with E-state index < -0.39 is 23.8 Å². The fourth-order valence-electron chi connectivity index (χ4n) is 2.59. The van der Waals surface area contributed by atoms with E-state index in [2.05, 4.69) is 0 Å². The number of alkyl halides is 3. The van der Waals surface area contributed by atoms with Crippen LogP contribution >= 0.6 is 0 Å².